The summed E-state index contributed by atoms with van der Waals surface area (Å²) in [6.07, 6.45) is 6.54. The Morgan fingerprint density at radius 1 is 1.13 bits per heavy atom. The SMILES string of the molecule is CC.O=C(COCc1ncccn1)c1c(O)[n+]2ccccc2n1Cc1ccc(Cl)nc1. The number of aromatic nitrogens is 5. The Labute approximate surface area is 184 Å². The molecule has 0 aromatic carbocycles. The smallest absolute Gasteiger partial charge is 0.339 e. The van der Waals surface area contributed by atoms with Gasteiger partial charge in [-0.3, -0.25) is 4.79 Å². The van der Waals surface area contributed by atoms with E-state index in [9.17, 15) is 9.90 Å². The van der Waals surface area contributed by atoms with Gasteiger partial charge in [0.25, 0.3) is 11.3 Å². The Morgan fingerprint density at radius 2 is 1.90 bits per heavy atom. The molecule has 0 unspecified atom stereocenters. The lowest BCUT2D eigenvalue weighted by molar-refractivity contribution is -0.521. The largest absolute Gasteiger partial charge is 0.474 e. The zero-order chi connectivity index (χ0) is 22.2. The van der Waals surface area contributed by atoms with Crippen LogP contribution in [0.3, 0.4) is 0 Å². The van der Waals surface area contributed by atoms with E-state index < -0.39 is 0 Å². The van der Waals surface area contributed by atoms with Crippen LogP contribution >= 0.6 is 11.6 Å². The lowest BCUT2D eigenvalue weighted by atomic mass is 10.2. The minimum atomic E-state index is -0.357. The number of ketones is 1. The first-order valence-corrected chi connectivity index (χ1v) is 10.2. The van der Waals surface area contributed by atoms with Crippen LogP contribution < -0.4 is 4.40 Å². The van der Waals surface area contributed by atoms with E-state index in [2.05, 4.69) is 15.0 Å². The second kappa shape index (κ2) is 10.6. The third-order valence-electron chi connectivity index (χ3n) is 4.30. The summed E-state index contributed by atoms with van der Waals surface area (Å²) in [5, 5.41) is 11.1. The summed E-state index contributed by atoms with van der Waals surface area (Å²) in [7, 11) is 0. The second-order valence-electron chi connectivity index (χ2n) is 6.26. The first-order valence-electron chi connectivity index (χ1n) is 9.82. The minimum absolute atomic E-state index is 0.0990. The molecule has 0 aliphatic rings. The molecule has 4 aromatic heterocycles. The minimum Gasteiger partial charge on any atom is -0.474 e. The number of nitrogens with zero attached hydrogens (tertiary/aromatic N) is 5. The normalized spacial score (nSPS) is 10.5. The highest BCUT2D eigenvalue weighted by atomic mass is 35.5. The van der Waals surface area contributed by atoms with Crippen molar-refractivity contribution in [3.05, 3.63) is 83.4 Å². The van der Waals surface area contributed by atoms with Gasteiger partial charge in [0.05, 0.1) is 6.20 Å². The number of hydrogen-bond donors (Lipinski definition) is 1. The maximum absolute atomic E-state index is 12.9. The Balaban J connectivity index is 0.00000132. The van der Waals surface area contributed by atoms with Crippen LogP contribution in [-0.2, 0) is 17.9 Å². The van der Waals surface area contributed by atoms with Gasteiger partial charge in [0.15, 0.2) is 5.82 Å². The van der Waals surface area contributed by atoms with E-state index in [4.69, 9.17) is 16.3 Å². The molecule has 1 N–H and O–H groups in total. The summed E-state index contributed by atoms with van der Waals surface area (Å²) < 4.78 is 8.75. The zero-order valence-electron chi connectivity index (χ0n) is 17.3. The molecule has 0 aliphatic carbocycles. The highest BCUT2D eigenvalue weighted by molar-refractivity contribution is 6.29. The molecular formula is C22H23ClN5O3+. The number of aromatic hydroxyl groups is 1. The lowest BCUT2D eigenvalue weighted by Crippen LogP contribution is -2.19. The fraction of sp³-hybridized carbons (Fsp3) is 0.227. The number of hydrogen-bond acceptors (Lipinski definition) is 6. The summed E-state index contributed by atoms with van der Waals surface area (Å²) in [6, 6.07) is 10.6. The average molecular weight is 441 g/mol. The van der Waals surface area contributed by atoms with Crippen LogP contribution in [0.2, 0.25) is 5.15 Å². The van der Waals surface area contributed by atoms with E-state index in [0.29, 0.717) is 23.2 Å². The van der Waals surface area contributed by atoms with E-state index in [1.54, 1.807) is 52.0 Å². The Morgan fingerprint density at radius 3 is 2.61 bits per heavy atom. The molecule has 0 saturated carbocycles. The van der Waals surface area contributed by atoms with Gasteiger partial charge in [0.1, 0.15) is 24.9 Å². The van der Waals surface area contributed by atoms with Gasteiger partial charge >= 0.3 is 5.88 Å². The van der Waals surface area contributed by atoms with Crippen molar-refractivity contribution < 1.29 is 19.0 Å². The number of rotatable bonds is 7. The van der Waals surface area contributed by atoms with Gasteiger partial charge < -0.3 is 9.84 Å². The van der Waals surface area contributed by atoms with Crippen molar-refractivity contribution >= 4 is 23.0 Å². The van der Waals surface area contributed by atoms with Crippen LogP contribution in [0.15, 0.2) is 61.2 Å². The fourth-order valence-electron chi connectivity index (χ4n) is 3.01. The fourth-order valence-corrected chi connectivity index (χ4v) is 3.12. The molecule has 4 aromatic rings. The molecule has 0 radical (unpaired) electrons. The monoisotopic (exact) mass is 440 g/mol. The molecule has 160 valence electrons. The van der Waals surface area contributed by atoms with Gasteiger partial charge in [-0.15, -0.1) is 0 Å². The van der Waals surface area contributed by atoms with Crippen LogP contribution in [0.1, 0.15) is 35.7 Å². The number of fused-ring (bicyclic) bond motifs is 1. The van der Waals surface area contributed by atoms with E-state index in [0.717, 1.165) is 5.56 Å². The molecule has 0 atom stereocenters. The first-order chi connectivity index (χ1) is 15.1. The van der Waals surface area contributed by atoms with E-state index >= 15 is 0 Å². The molecule has 9 heteroatoms. The van der Waals surface area contributed by atoms with Gasteiger partial charge in [-0.25, -0.2) is 19.5 Å². The lowest BCUT2D eigenvalue weighted by Gasteiger charge is -2.04. The van der Waals surface area contributed by atoms with Crippen LogP contribution in [0.4, 0.5) is 0 Å². The summed E-state index contributed by atoms with van der Waals surface area (Å²) in [4.78, 5) is 25.1. The van der Waals surface area contributed by atoms with Crippen molar-refractivity contribution in [2.75, 3.05) is 6.61 Å². The number of halogens is 1. The number of carbonyl (C=O) groups is 1. The maximum atomic E-state index is 12.9. The van der Waals surface area contributed by atoms with Gasteiger partial charge in [-0.05, 0) is 18.2 Å². The van der Waals surface area contributed by atoms with Crippen molar-refractivity contribution in [3.8, 4) is 5.88 Å². The standard InChI is InChI=1S/C20H16ClN5O3.C2H6/c21-16-6-5-14(10-24-16)11-26-18-4-1-2-9-25(18)20(28)19(26)15(27)12-29-13-17-22-7-3-8-23-17;1-2/h1-10H,11-13H2;1-2H3/p+1. The molecule has 4 rings (SSSR count). The summed E-state index contributed by atoms with van der Waals surface area (Å²) in [6.45, 7) is 4.21. The number of pyridine rings is 2. The average Bonchev–Trinajstić information content (AvgIpc) is 3.09. The van der Waals surface area contributed by atoms with Crippen LogP contribution in [0, 0.1) is 0 Å². The molecule has 0 saturated heterocycles. The first kappa shape index (κ1) is 22.3. The number of carbonyl (C=O) groups excluding carboxylic acids is 1. The van der Waals surface area contributed by atoms with E-state index in [1.165, 1.54) is 0 Å². The summed E-state index contributed by atoms with van der Waals surface area (Å²) >= 11 is 5.86. The topological polar surface area (TPSA) is 94.2 Å². The maximum Gasteiger partial charge on any atom is 0.339 e. The van der Waals surface area contributed by atoms with Gasteiger partial charge in [0, 0.05) is 30.2 Å². The molecule has 8 nitrogen and oxygen atoms in total. The molecule has 0 amide bonds. The Hall–Kier alpha value is -3.36. The molecule has 0 bridgehead atoms. The Bertz CT molecular complexity index is 1150. The third-order valence-corrected chi connectivity index (χ3v) is 4.53. The zero-order valence-corrected chi connectivity index (χ0v) is 18.0. The summed E-state index contributed by atoms with van der Waals surface area (Å²) in [5.41, 5.74) is 1.65. The number of imidazole rings is 1. The Kier molecular flexibility index (Phi) is 7.64. The molecule has 31 heavy (non-hydrogen) atoms. The molecule has 0 aliphatic heterocycles. The number of ether oxygens (including phenoxy) is 1. The summed E-state index contributed by atoms with van der Waals surface area (Å²) in [5.74, 6) is -0.0252. The van der Waals surface area contributed by atoms with E-state index in [1.807, 2.05) is 32.0 Å². The van der Waals surface area contributed by atoms with Crippen LogP contribution in [0.25, 0.3) is 5.65 Å². The van der Waals surface area contributed by atoms with E-state index in [-0.39, 0.29) is 30.6 Å². The number of Topliss-reactive ketones (excluding diaryl/α,β-unsaturated/α-hetero) is 1. The van der Waals surface area contributed by atoms with Gasteiger partial charge in [0.2, 0.25) is 5.78 Å². The van der Waals surface area contributed by atoms with Crippen LogP contribution in [-0.4, -0.2) is 37.0 Å². The predicted octanol–water partition coefficient (Wildman–Crippen LogP) is 3.24. The van der Waals surface area contributed by atoms with Crippen molar-refractivity contribution in [3.63, 3.8) is 0 Å². The van der Waals surface area contributed by atoms with Gasteiger partial charge in [-0.1, -0.05) is 37.6 Å². The molecular weight excluding hydrogens is 418 g/mol. The molecule has 0 spiro atoms. The quantitative estimate of drug-likeness (QED) is 0.269. The van der Waals surface area contributed by atoms with Crippen molar-refractivity contribution in [1.82, 2.24) is 19.5 Å². The van der Waals surface area contributed by atoms with Gasteiger partial charge in [-0.2, -0.15) is 4.40 Å². The van der Waals surface area contributed by atoms with Crippen molar-refractivity contribution in [2.24, 2.45) is 0 Å². The van der Waals surface area contributed by atoms with Crippen LogP contribution in [0.5, 0.6) is 5.88 Å². The highest BCUT2D eigenvalue weighted by Crippen LogP contribution is 2.20. The van der Waals surface area contributed by atoms with Crippen molar-refractivity contribution in [2.45, 2.75) is 27.0 Å². The highest BCUT2D eigenvalue weighted by Gasteiger charge is 2.31. The predicted molar refractivity (Wildman–Crippen MR) is 115 cm³/mol. The van der Waals surface area contributed by atoms with Crippen molar-refractivity contribution in [1.29, 1.82) is 0 Å². The second-order valence-corrected chi connectivity index (χ2v) is 6.64. The molecule has 0 fully saturated rings. The third kappa shape index (κ3) is 5.22. The molecule has 4 heterocycles.